The number of nitrogens with two attached hydrogens (primary N) is 1. The van der Waals surface area contributed by atoms with Crippen molar-refractivity contribution in [3.8, 4) is 0 Å². The summed E-state index contributed by atoms with van der Waals surface area (Å²) in [6.45, 7) is 1.32. The third kappa shape index (κ3) is 3.69. The summed E-state index contributed by atoms with van der Waals surface area (Å²) in [7, 11) is -3.49. The molecule has 0 spiro atoms. The zero-order valence-corrected chi connectivity index (χ0v) is 17.9. The molecule has 2 fully saturated rings. The molecule has 1 aromatic carbocycles. The second-order valence-electron chi connectivity index (χ2n) is 8.79. The van der Waals surface area contributed by atoms with Gasteiger partial charge in [0.2, 0.25) is 0 Å². The lowest BCUT2D eigenvalue weighted by atomic mass is 9.93. The Balaban J connectivity index is 1.29. The number of hydrogen-bond donors (Lipinski definition) is 1. The number of ether oxygens (including phenoxy) is 1. The van der Waals surface area contributed by atoms with Crippen LogP contribution in [-0.4, -0.2) is 46.4 Å². The van der Waals surface area contributed by atoms with Gasteiger partial charge in [0.25, 0.3) is 10.0 Å². The average molecular weight is 453 g/mol. The van der Waals surface area contributed by atoms with Gasteiger partial charge in [-0.05, 0) is 37.5 Å². The molecule has 5 rings (SSSR count). The van der Waals surface area contributed by atoms with Crippen molar-refractivity contribution in [2.24, 2.45) is 5.73 Å². The summed E-state index contributed by atoms with van der Waals surface area (Å²) in [6, 6.07) is 2.74. The lowest BCUT2D eigenvalue weighted by molar-refractivity contribution is -0.0533. The van der Waals surface area contributed by atoms with Gasteiger partial charge in [0.1, 0.15) is 17.7 Å². The molecule has 0 amide bonds. The van der Waals surface area contributed by atoms with E-state index in [1.807, 2.05) is 0 Å². The molecule has 2 unspecified atom stereocenters. The van der Waals surface area contributed by atoms with Crippen molar-refractivity contribution in [3.63, 3.8) is 0 Å². The molecule has 1 saturated heterocycles. The van der Waals surface area contributed by atoms with Crippen LogP contribution in [-0.2, 0) is 27.8 Å². The molecule has 1 saturated carbocycles. The summed E-state index contributed by atoms with van der Waals surface area (Å²) < 4.78 is 60.9. The third-order valence-corrected chi connectivity index (χ3v) is 8.90. The fourth-order valence-electron chi connectivity index (χ4n) is 5.11. The highest BCUT2D eigenvalue weighted by Crippen LogP contribution is 2.35. The summed E-state index contributed by atoms with van der Waals surface area (Å²) in [5, 5.41) is 3.83. The Morgan fingerprint density at radius 3 is 2.68 bits per heavy atom. The predicted molar refractivity (Wildman–Crippen MR) is 109 cm³/mol. The summed E-state index contributed by atoms with van der Waals surface area (Å²) in [6.07, 6.45) is 4.70. The van der Waals surface area contributed by atoms with Gasteiger partial charge in [-0.2, -0.15) is 9.19 Å². The summed E-state index contributed by atoms with van der Waals surface area (Å²) in [5.41, 5.74) is 8.03. The van der Waals surface area contributed by atoms with Crippen LogP contribution in [0.25, 0.3) is 0 Å². The number of rotatable bonds is 4. The van der Waals surface area contributed by atoms with Gasteiger partial charge in [0.05, 0.1) is 23.7 Å². The van der Waals surface area contributed by atoms with Gasteiger partial charge in [0, 0.05) is 36.3 Å². The van der Waals surface area contributed by atoms with E-state index < -0.39 is 33.8 Å². The van der Waals surface area contributed by atoms with E-state index in [2.05, 4.69) is 10.00 Å². The van der Waals surface area contributed by atoms with Crippen LogP contribution in [0.5, 0.6) is 0 Å². The molecule has 0 bridgehead atoms. The Morgan fingerprint density at radius 2 is 1.94 bits per heavy atom. The highest BCUT2D eigenvalue weighted by molar-refractivity contribution is 7.90. The Morgan fingerprint density at radius 1 is 1.16 bits per heavy atom. The van der Waals surface area contributed by atoms with E-state index in [0.29, 0.717) is 44.7 Å². The minimum Gasteiger partial charge on any atom is -0.370 e. The molecule has 1 aromatic heterocycles. The van der Waals surface area contributed by atoms with Gasteiger partial charge in [-0.25, -0.2) is 17.2 Å². The summed E-state index contributed by atoms with van der Waals surface area (Å²) in [4.78, 5) is 2.13. The standard InChI is InChI=1S/C21H26F2N4O3S/c22-14-5-6-18(23)17(7-14)21-19(24)8-15(12-30-21)26-10-13-9-25-27(20(13)11-26)31(28,29)16-3-1-2-4-16/h5-7,9,15-16,19,21H,1-4,8,10-12,24H2/t15?,19?,21-/m1/s1. The van der Waals surface area contributed by atoms with Crippen LogP contribution in [0.4, 0.5) is 8.78 Å². The molecule has 2 N–H and O–H groups in total. The van der Waals surface area contributed by atoms with Crippen LogP contribution in [0.3, 0.4) is 0 Å². The van der Waals surface area contributed by atoms with Crippen LogP contribution >= 0.6 is 0 Å². The molecule has 0 radical (unpaired) electrons. The lowest BCUT2D eigenvalue weighted by Crippen LogP contribution is -2.48. The van der Waals surface area contributed by atoms with Crippen molar-refractivity contribution in [2.75, 3.05) is 6.61 Å². The first kappa shape index (κ1) is 21.0. The first-order chi connectivity index (χ1) is 14.8. The molecule has 3 aliphatic rings. The van der Waals surface area contributed by atoms with E-state index in [9.17, 15) is 17.2 Å². The van der Waals surface area contributed by atoms with Crippen LogP contribution in [0.2, 0.25) is 0 Å². The van der Waals surface area contributed by atoms with E-state index in [-0.39, 0.29) is 16.9 Å². The molecule has 168 valence electrons. The smallest absolute Gasteiger partial charge is 0.256 e. The van der Waals surface area contributed by atoms with Crippen LogP contribution in [0, 0.1) is 11.6 Å². The van der Waals surface area contributed by atoms with Crippen molar-refractivity contribution in [1.82, 2.24) is 14.1 Å². The molecule has 10 heteroatoms. The molecule has 7 nitrogen and oxygen atoms in total. The fraction of sp³-hybridized carbons (Fsp3) is 0.571. The van der Waals surface area contributed by atoms with E-state index in [1.165, 1.54) is 4.09 Å². The van der Waals surface area contributed by atoms with Crippen LogP contribution in [0.15, 0.2) is 24.4 Å². The van der Waals surface area contributed by atoms with Crippen molar-refractivity contribution < 1.29 is 21.9 Å². The highest BCUT2D eigenvalue weighted by Gasteiger charge is 2.40. The maximum absolute atomic E-state index is 14.2. The lowest BCUT2D eigenvalue weighted by Gasteiger charge is -2.38. The first-order valence-electron chi connectivity index (χ1n) is 10.7. The number of hydrogen-bond acceptors (Lipinski definition) is 6. The van der Waals surface area contributed by atoms with E-state index in [4.69, 9.17) is 10.5 Å². The zero-order valence-electron chi connectivity index (χ0n) is 17.1. The molecule has 1 aliphatic carbocycles. The quantitative estimate of drug-likeness (QED) is 0.767. The van der Waals surface area contributed by atoms with Gasteiger partial charge in [-0.15, -0.1) is 0 Å². The third-order valence-electron chi connectivity index (χ3n) is 6.79. The number of halogens is 2. The van der Waals surface area contributed by atoms with Gasteiger partial charge in [-0.1, -0.05) is 12.8 Å². The SMILES string of the molecule is NC1CC(N2Cc3cnn(S(=O)(=O)C4CCCC4)c3C2)CO[C@@H]1c1cc(F)ccc1F. The second kappa shape index (κ2) is 7.91. The Labute approximate surface area is 180 Å². The number of benzene rings is 1. The van der Waals surface area contributed by atoms with Crippen LogP contribution < -0.4 is 5.73 Å². The van der Waals surface area contributed by atoms with E-state index in [0.717, 1.165) is 36.6 Å². The van der Waals surface area contributed by atoms with E-state index in [1.54, 1.807) is 6.20 Å². The first-order valence-corrected chi connectivity index (χ1v) is 12.2. The van der Waals surface area contributed by atoms with Crippen molar-refractivity contribution in [2.45, 2.75) is 68.6 Å². The number of nitrogens with zero attached hydrogens (tertiary/aromatic N) is 3. The molecular weight excluding hydrogens is 426 g/mol. The Bertz CT molecular complexity index is 1080. The van der Waals surface area contributed by atoms with E-state index >= 15 is 0 Å². The highest BCUT2D eigenvalue weighted by atomic mass is 32.2. The molecule has 2 aliphatic heterocycles. The average Bonchev–Trinajstić information content (AvgIpc) is 3.47. The van der Waals surface area contributed by atoms with Gasteiger partial charge in [-0.3, -0.25) is 4.90 Å². The normalized spacial score (nSPS) is 27.6. The number of fused-ring (bicyclic) bond motifs is 1. The fourth-order valence-corrected chi connectivity index (χ4v) is 6.98. The molecule has 3 atom stereocenters. The molecule has 3 heterocycles. The van der Waals surface area contributed by atoms with Gasteiger partial charge >= 0.3 is 0 Å². The minimum absolute atomic E-state index is 0.0436. The minimum atomic E-state index is -3.49. The maximum Gasteiger partial charge on any atom is 0.256 e. The topological polar surface area (TPSA) is 90.5 Å². The maximum atomic E-state index is 14.2. The van der Waals surface area contributed by atoms with Gasteiger partial charge < -0.3 is 10.5 Å². The number of aromatic nitrogens is 2. The molecule has 31 heavy (non-hydrogen) atoms. The Kier molecular flexibility index (Phi) is 5.36. The van der Waals surface area contributed by atoms with Crippen molar-refractivity contribution in [1.29, 1.82) is 0 Å². The largest absolute Gasteiger partial charge is 0.370 e. The Hall–Kier alpha value is -1.88. The van der Waals surface area contributed by atoms with Crippen molar-refractivity contribution >= 4 is 10.0 Å². The molecular formula is C21H26F2N4O3S. The second-order valence-corrected chi connectivity index (χ2v) is 10.8. The summed E-state index contributed by atoms with van der Waals surface area (Å²) in [5.74, 6) is -1.07. The van der Waals surface area contributed by atoms with Crippen LogP contribution in [0.1, 0.15) is 55.0 Å². The predicted octanol–water partition coefficient (Wildman–Crippen LogP) is 2.45. The monoisotopic (exact) mass is 452 g/mol. The van der Waals surface area contributed by atoms with Crippen molar-refractivity contribution in [3.05, 3.63) is 52.9 Å². The summed E-state index contributed by atoms with van der Waals surface area (Å²) >= 11 is 0. The zero-order chi connectivity index (χ0) is 21.8. The molecule has 2 aromatic rings. The van der Waals surface area contributed by atoms with Gasteiger partial charge in [0.15, 0.2) is 0 Å².